The van der Waals surface area contributed by atoms with Gasteiger partial charge >= 0.3 is 0 Å². The lowest BCUT2D eigenvalue weighted by atomic mass is 9.84. The summed E-state index contributed by atoms with van der Waals surface area (Å²) in [6.45, 7) is 2.31. The summed E-state index contributed by atoms with van der Waals surface area (Å²) in [6, 6.07) is 3.49. The topological polar surface area (TPSA) is 93.9 Å². The molecule has 2 fully saturated rings. The molecule has 2 aliphatic rings. The van der Waals surface area contributed by atoms with Crippen molar-refractivity contribution in [3.8, 4) is 0 Å². The van der Waals surface area contributed by atoms with E-state index in [1.54, 1.807) is 7.11 Å². The molecule has 2 aromatic carbocycles. The Labute approximate surface area is 223 Å². The summed E-state index contributed by atoms with van der Waals surface area (Å²) in [7, 11) is 1.61. The number of hydrogen-bond acceptors (Lipinski definition) is 7. The maximum atomic E-state index is 14.8. The van der Waals surface area contributed by atoms with E-state index in [0.29, 0.717) is 62.1 Å². The quantitative estimate of drug-likeness (QED) is 0.293. The first-order valence-electron chi connectivity index (χ1n) is 14.0. The normalized spacial score (nSPS) is 20.5. The predicted molar refractivity (Wildman–Crippen MR) is 145 cm³/mol. The van der Waals surface area contributed by atoms with E-state index in [1.165, 1.54) is 44.2 Å². The number of benzene rings is 1. The fourth-order valence-corrected chi connectivity index (χ4v) is 6.14. The van der Waals surface area contributed by atoms with Gasteiger partial charge in [-0.3, -0.25) is 9.59 Å². The molecule has 1 aliphatic carbocycles. The molecule has 9 heteroatoms. The highest BCUT2D eigenvalue weighted by Crippen LogP contribution is 2.37. The van der Waals surface area contributed by atoms with Crippen molar-refractivity contribution in [2.24, 2.45) is 17.6 Å². The molecule has 2 aromatic rings. The minimum Gasteiger partial charge on any atom is -0.385 e. The van der Waals surface area contributed by atoms with E-state index in [9.17, 15) is 18.4 Å². The highest BCUT2D eigenvalue weighted by molar-refractivity contribution is 5.75. The van der Waals surface area contributed by atoms with Gasteiger partial charge in [-0.1, -0.05) is 38.2 Å². The van der Waals surface area contributed by atoms with Crippen molar-refractivity contribution in [1.29, 1.82) is 0 Å². The fourth-order valence-electron chi connectivity index (χ4n) is 6.14. The van der Waals surface area contributed by atoms with Crippen LogP contribution in [0.5, 0.6) is 0 Å². The third kappa shape index (κ3) is 6.79. The number of piperidine rings is 1. The molecule has 1 saturated heterocycles. The van der Waals surface area contributed by atoms with Crippen LogP contribution >= 0.6 is 0 Å². The van der Waals surface area contributed by atoms with Gasteiger partial charge in [0.05, 0.1) is 6.10 Å². The zero-order valence-corrected chi connectivity index (χ0v) is 22.4. The van der Waals surface area contributed by atoms with Crippen LogP contribution in [0, 0.1) is 23.5 Å². The Morgan fingerprint density at radius 1 is 1.08 bits per heavy atom. The molecule has 3 atom stereocenters. The van der Waals surface area contributed by atoms with Crippen LogP contribution in [0.1, 0.15) is 69.5 Å². The van der Waals surface area contributed by atoms with E-state index in [0.717, 1.165) is 25.3 Å². The molecule has 0 radical (unpaired) electrons. The first-order chi connectivity index (χ1) is 18.4. The first-order valence-corrected chi connectivity index (χ1v) is 14.0. The summed E-state index contributed by atoms with van der Waals surface area (Å²) in [5, 5.41) is 3.31. The van der Waals surface area contributed by atoms with Gasteiger partial charge in [-0.05, 0) is 37.7 Å². The van der Waals surface area contributed by atoms with Crippen LogP contribution in [0.25, 0.3) is 0 Å². The van der Waals surface area contributed by atoms with Crippen LogP contribution in [0.3, 0.4) is 0 Å². The van der Waals surface area contributed by atoms with Gasteiger partial charge in [0.25, 0.3) is 10.9 Å². The van der Waals surface area contributed by atoms with E-state index in [4.69, 9.17) is 15.2 Å². The van der Waals surface area contributed by atoms with Crippen molar-refractivity contribution >= 4 is 11.4 Å². The molecule has 1 saturated carbocycles. The Kier molecular flexibility index (Phi) is 10.3. The molecular formula is C29H41F2N3O4. The molecule has 3 N–H and O–H groups in total. The van der Waals surface area contributed by atoms with Crippen LogP contribution in [-0.2, 0) is 9.47 Å². The number of nitrogens with two attached hydrogens (primary N) is 1. The SMILES string of the molecule is COCCCOC(c1ccc(F)cc1F)C1CCCN(c2c(NC(CN)CC3CCCCC3)c(=O)c2=O)C1. The zero-order valence-electron chi connectivity index (χ0n) is 22.4. The Balaban J connectivity index is 1.50. The largest absolute Gasteiger partial charge is 0.385 e. The van der Waals surface area contributed by atoms with Crippen molar-refractivity contribution < 1.29 is 18.3 Å². The number of halogens is 2. The van der Waals surface area contributed by atoms with Gasteiger partial charge in [-0.15, -0.1) is 0 Å². The standard InChI is InChI=1S/C29H41F2N3O4/c1-37-13-6-14-38-29(23-11-10-21(30)16-24(23)31)20-9-5-12-34(18-20)26-25(27(35)28(26)36)33-22(17-32)15-19-7-3-2-4-8-19/h10-11,16,19-20,22,29,33H,2-9,12-15,17-18,32H2,1H3. The molecule has 1 heterocycles. The second-order valence-electron chi connectivity index (χ2n) is 10.9. The van der Waals surface area contributed by atoms with Crippen LogP contribution in [0.2, 0.25) is 0 Å². The third-order valence-electron chi connectivity index (χ3n) is 8.12. The molecule has 0 spiro atoms. The minimum atomic E-state index is -0.649. The van der Waals surface area contributed by atoms with E-state index >= 15 is 0 Å². The fraction of sp³-hybridized carbons (Fsp3) is 0.655. The first kappa shape index (κ1) is 28.6. The average Bonchev–Trinajstić information content (AvgIpc) is 2.93. The second-order valence-corrected chi connectivity index (χ2v) is 10.9. The molecule has 3 unspecified atom stereocenters. The lowest BCUT2D eigenvalue weighted by molar-refractivity contribution is -0.00438. The summed E-state index contributed by atoms with van der Waals surface area (Å²) < 4.78 is 39.7. The average molecular weight is 534 g/mol. The minimum absolute atomic E-state index is 0.0640. The highest BCUT2D eigenvalue weighted by atomic mass is 19.1. The zero-order chi connectivity index (χ0) is 27.1. The van der Waals surface area contributed by atoms with E-state index in [1.807, 2.05) is 4.90 Å². The van der Waals surface area contributed by atoms with Gasteiger partial charge < -0.3 is 25.4 Å². The highest BCUT2D eigenvalue weighted by Gasteiger charge is 2.35. The number of anilines is 2. The second kappa shape index (κ2) is 13.6. The summed E-state index contributed by atoms with van der Waals surface area (Å²) >= 11 is 0. The third-order valence-corrected chi connectivity index (χ3v) is 8.12. The molecule has 1 aliphatic heterocycles. The van der Waals surface area contributed by atoms with Crippen molar-refractivity contribution in [3.63, 3.8) is 0 Å². The summed E-state index contributed by atoms with van der Waals surface area (Å²) in [5.41, 5.74) is 6.12. The van der Waals surface area contributed by atoms with Crippen LogP contribution in [0.4, 0.5) is 20.2 Å². The maximum Gasteiger partial charge on any atom is 0.253 e. The van der Waals surface area contributed by atoms with Crippen molar-refractivity contribution in [1.82, 2.24) is 0 Å². The molecular weight excluding hydrogens is 492 g/mol. The van der Waals surface area contributed by atoms with E-state index in [-0.39, 0.29) is 12.0 Å². The lowest BCUT2D eigenvalue weighted by Crippen LogP contribution is -2.49. The summed E-state index contributed by atoms with van der Waals surface area (Å²) in [4.78, 5) is 27.3. The predicted octanol–water partition coefficient (Wildman–Crippen LogP) is 4.28. The van der Waals surface area contributed by atoms with Crippen molar-refractivity contribution in [2.45, 2.75) is 69.9 Å². The number of rotatable bonds is 13. The molecule has 0 bridgehead atoms. The number of nitrogens with zero attached hydrogens (tertiary/aromatic N) is 1. The lowest BCUT2D eigenvalue weighted by Gasteiger charge is -2.39. The van der Waals surface area contributed by atoms with Gasteiger partial charge in [0.2, 0.25) is 0 Å². The Bertz CT molecular complexity index is 1110. The van der Waals surface area contributed by atoms with Gasteiger partial charge in [0.1, 0.15) is 23.0 Å². The smallest absolute Gasteiger partial charge is 0.253 e. The molecule has 210 valence electrons. The number of hydrogen-bond donors (Lipinski definition) is 2. The molecule has 38 heavy (non-hydrogen) atoms. The molecule has 0 amide bonds. The van der Waals surface area contributed by atoms with Crippen LogP contribution < -0.4 is 26.8 Å². The molecule has 7 nitrogen and oxygen atoms in total. The van der Waals surface area contributed by atoms with E-state index in [2.05, 4.69) is 5.32 Å². The van der Waals surface area contributed by atoms with Gasteiger partial charge in [0, 0.05) is 63.5 Å². The van der Waals surface area contributed by atoms with Crippen molar-refractivity contribution in [2.75, 3.05) is 50.2 Å². The molecule has 0 aromatic heterocycles. The van der Waals surface area contributed by atoms with Crippen molar-refractivity contribution in [3.05, 3.63) is 55.8 Å². The van der Waals surface area contributed by atoms with Gasteiger partial charge in [-0.25, -0.2) is 8.78 Å². The molecule has 4 rings (SSSR count). The van der Waals surface area contributed by atoms with Gasteiger partial charge in [-0.2, -0.15) is 0 Å². The number of nitrogens with one attached hydrogen (secondary N) is 1. The summed E-state index contributed by atoms with van der Waals surface area (Å²) in [5.74, 6) is -0.850. The summed E-state index contributed by atoms with van der Waals surface area (Å²) in [6.07, 6.45) is 8.51. The van der Waals surface area contributed by atoms with Crippen LogP contribution in [-0.4, -0.2) is 46.0 Å². The number of methoxy groups -OCH3 is 1. The van der Waals surface area contributed by atoms with E-state index < -0.39 is 28.6 Å². The Hall–Kier alpha value is -2.36. The Morgan fingerprint density at radius 3 is 2.58 bits per heavy atom. The monoisotopic (exact) mass is 533 g/mol. The maximum absolute atomic E-state index is 14.8. The number of ether oxygens (including phenoxy) is 2. The van der Waals surface area contributed by atoms with Gasteiger partial charge in [0.15, 0.2) is 0 Å². The Morgan fingerprint density at radius 2 is 1.87 bits per heavy atom. The van der Waals surface area contributed by atoms with Crippen LogP contribution in [0.15, 0.2) is 27.8 Å².